The Morgan fingerprint density at radius 2 is 1.73 bits per heavy atom. The van der Waals surface area contributed by atoms with E-state index < -0.39 is 11.8 Å². The van der Waals surface area contributed by atoms with E-state index >= 15 is 0 Å². The first-order valence-corrected chi connectivity index (χ1v) is 9.78. The fourth-order valence-electron chi connectivity index (χ4n) is 2.99. The molecule has 2 aromatic carbocycles. The molecule has 2 N–H and O–H groups in total. The summed E-state index contributed by atoms with van der Waals surface area (Å²) in [5.74, 6) is -0.282. The van der Waals surface area contributed by atoms with Crippen LogP contribution in [0.25, 0.3) is 10.8 Å². The molecule has 1 aromatic heterocycles. The first kappa shape index (κ1) is 21.0. The number of hydrogen-bond acceptors (Lipinski definition) is 5. The van der Waals surface area contributed by atoms with Crippen LogP contribution in [-0.2, 0) is 11.3 Å². The van der Waals surface area contributed by atoms with E-state index in [1.807, 2.05) is 38.1 Å². The van der Waals surface area contributed by atoms with Crippen LogP contribution in [-0.4, -0.2) is 28.2 Å². The monoisotopic (exact) mass is 408 g/mol. The number of carbonyl (C=O) groups excluding carboxylic acids is 2. The van der Waals surface area contributed by atoms with Crippen LogP contribution >= 0.6 is 0 Å². The highest BCUT2D eigenvalue weighted by molar-refractivity contribution is 6.05. The number of ether oxygens (including phenoxy) is 1. The van der Waals surface area contributed by atoms with Gasteiger partial charge in [0.1, 0.15) is 5.75 Å². The number of hydrazine groups is 1. The molecule has 156 valence electrons. The molecule has 0 saturated carbocycles. The number of fused-ring (bicyclic) bond motifs is 1. The molecule has 0 saturated heterocycles. The number of benzene rings is 2. The van der Waals surface area contributed by atoms with E-state index in [2.05, 4.69) is 16.0 Å². The van der Waals surface area contributed by atoms with Crippen LogP contribution < -0.4 is 21.1 Å². The lowest BCUT2D eigenvalue weighted by atomic mass is 10.1. The predicted molar refractivity (Wildman–Crippen MR) is 113 cm³/mol. The lowest BCUT2D eigenvalue weighted by molar-refractivity contribution is -0.122. The van der Waals surface area contributed by atoms with Gasteiger partial charge in [-0.15, -0.1) is 0 Å². The maximum atomic E-state index is 12.6. The van der Waals surface area contributed by atoms with Crippen LogP contribution in [0.3, 0.4) is 0 Å². The van der Waals surface area contributed by atoms with E-state index in [0.717, 1.165) is 5.56 Å². The number of aromatic nitrogens is 2. The van der Waals surface area contributed by atoms with Crippen molar-refractivity contribution in [1.29, 1.82) is 0 Å². The van der Waals surface area contributed by atoms with Crippen molar-refractivity contribution in [1.82, 2.24) is 20.6 Å². The second-order valence-electron chi connectivity index (χ2n) is 6.79. The Morgan fingerprint density at radius 3 is 2.47 bits per heavy atom. The van der Waals surface area contributed by atoms with Gasteiger partial charge in [-0.2, -0.15) is 5.10 Å². The Kier molecular flexibility index (Phi) is 6.79. The van der Waals surface area contributed by atoms with E-state index in [4.69, 9.17) is 4.74 Å². The molecule has 30 heavy (non-hydrogen) atoms. The van der Waals surface area contributed by atoms with Gasteiger partial charge in [0.15, 0.2) is 5.69 Å². The summed E-state index contributed by atoms with van der Waals surface area (Å²) in [6.45, 7) is 4.41. The van der Waals surface area contributed by atoms with Gasteiger partial charge < -0.3 is 4.74 Å². The Hall–Kier alpha value is -3.68. The van der Waals surface area contributed by atoms with Crippen molar-refractivity contribution in [2.45, 2.75) is 33.2 Å². The molecule has 0 bridgehead atoms. The summed E-state index contributed by atoms with van der Waals surface area (Å²) in [6.07, 6.45) is 0.766. The molecule has 0 atom stereocenters. The number of carbonyl (C=O) groups is 2. The highest BCUT2D eigenvalue weighted by Crippen LogP contribution is 2.16. The minimum Gasteiger partial charge on any atom is -0.493 e. The van der Waals surface area contributed by atoms with Crippen molar-refractivity contribution in [2.75, 3.05) is 6.61 Å². The highest BCUT2D eigenvalue weighted by atomic mass is 16.5. The van der Waals surface area contributed by atoms with Gasteiger partial charge in [0.25, 0.3) is 11.5 Å². The second-order valence-corrected chi connectivity index (χ2v) is 6.79. The van der Waals surface area contributed by atoms with Crippen molar-refractivity contribution in [3.8, 4) is 5.75 Å². The minimum absolute atomic E-state index is 0.0676. The third kappa shape index (κ3) is 4.83. The Labute approximate surface area is 173 Å². The number of aryl methyl sites for hydroxylation is 2. The zero-order valence-corrected chi connectivity index (χ0v) is 17.0. The molecule has 1 heterocycles. The molecule has 8 nitrogen and oxygen atoms in total. The smallest absolute Gasteiger partial charge is 0.290 e. The average molecular weight is 408 g/mol. The average Bonchev–Trinajstić information content (AvgIpc) is 2.75. The molecule has 3 rings (SSSR count). The maximum Gasteiger partial charge on any atom is 0.290 e. The molecule has 0 spiro atoms. The number of nitrogens with zero attached hydrogens (tertiary/aromatic N) is 2. The third-order valence-corrected chi connectivity index (χ3v) is 4.51. The zero-order valence-electron chi connectivity index (χ0n) is 17.0. The SMILES string of the molecule is CCCn1nc(C(=O)NNC(=O)CCOc2ccccc2C)c2ccccc2c1=O. The Balaban J connectivity index is 1.64. The fourth-order valence-corrected chi connectivity index (χ4v) is 2.99. The summed E-state index contributed by atoms with van der Waals surface area (Å²) in [5, 5.41) is 5.04. The largest absolute Gasteiger partial charge is 0.493 e. The summed E-state index contributed by atoms with van der Waals surface area (Å²) in [6, 6.07) is 14.3. The van der Waals surface area contributed by atoms with Crippen molar-refractivity contribution >= 4 is 22.6 Å². The van der Waals surface area contributed by atoms with Crippen LogP contribution in [0.1, 0.15) is 35.8 Å². The van der Waals surface area contributed by atoms with Gasteiger partial charge >= 0.3 is 0 Å². The van der Waals surface area contributed by atoms with Crippen molar-refractivity contribution in [3.05, 3.63) is 70.1 Å². The number of amides is 2. The normalized spacial score (nSPS) is 10.6. The van der Waals surface area contributed by atoms with Gasteiger partial charge in [-0.25, -0.2) is 4.68 Å². The topological polar surface area (TPSA) is 102 Å². The molecule has 0 aliphatic rings. The molecule has 0 unspecified atom stereocenters. The summed E-state index contributed by atoms with van der Waals surface area (Å²) in [4.78, 5) is 37.2. The number of para-hydroxylation sites is 1. The molecular weight excluding hydrogens is 384 g/mol. The van der Waals surface area contributed by atoms with Gasteiger partial charge in [0.2, 0.25) is 5.91 Å². The molecule has 0 fully saturated rings. The second kappa shape index (κ2) is 9.69. The van der Waals surface area contributed by atoms with Crippen LogP contribution in [0.4, 0.5) is 0 Å². The molecular formula is C22H24N4O4. The predicted octanol–water partition coefficient (Wildman–Crippen LogP) is 2.35. The number of hydrogen-bond donors (Lipinski definition) is 2. The molecule has 0 aliphatic carbocycles. The summed E-state index contributed by atoms with van der Waals surface area (Å²) >= 11 is 0. The maximum absolute atomic E-state index is 12.6. The molecule has 0 radical (unpaired) electrons. The van der Waals surface area contributed by atoms with E-state index in [1.54, 1.807) is 24.3 Å². The quantitative estimate of drug-likeness (QED) is 0.584. The fraction of sp³-hybridized carbons (Fsp3) is 0.273. The van der Waals surface area contributed by atoms with Crippen molar-refractivity contribution in [2.24, 2.45) is 0 Å². The van der Waals surface area contributed by atoms with Gasteiger partial charge in [0.05, 0.1) is 18.4 Å². The molecule has 0 aliphatic heterocycles. The Bertz CT molecular complexity index is 1120. The van der Waals surface area contributed by atoms with Crippen molar-refractivity contribution in [3.63, 3.8) is 0 Å². The van der Waals surface area contributed by atoms with E-state index in [0.29, 0.717) is 29.5 Å². The van der Waals surface area contributed by atoms with Crippen LogP contribution in [0, 0.1) is 6.92 Å². The lowest BCUT2D eigenvalue weighted by Crippen LogP contribution is -2.43. The summed E-state index contributed by atoms with van der Waals surface area (Å²) in [7, 11) is 0. The van der Waals surface area contributed by atoms with Crippen LogP contribution in [0.2, 0.25) is 0 Å². The van der Waals surface area contributed by atoms with Crippen LogP contribution in [0.15, 0.2) is 53.3 Å². The number of nitrogens with one attached hydrogen (secondary N) is 2. The summed E-state index contributed by atoms with van der Waals surface area (Å²) < 4.78 is 6.86. The third-order valence-electron chi connectivity index (χ3n) is 4.51. The number of rotatable bonds is 7. The van der Waals surface area contributed by atoms with E-state index in [-0.39, 0.29) is 24.3 Å². The summed E-state index contributed by atoms with van der Waals surface area (Å²) in [5.41, 5.74) is 5.54. The first-order chi connectivity index (χ1) is 14.5. The lowest BCUT2D eigenvalue weighted by Gasteiger charge is -2.12. The zero-order chi connectivity index (χ0) is 21.5. The van der Waals surface area contributed by atoms with Gasteiger partial charge in [-0.3, -0.25) is 25.2 Å². The van der Waals surface area contributed by atoms with Crippen molar-refractivity contribution < 1.29 is 14.3 Å². The van der Waals surface area contributed by atoms with Gasteiger partial charge in [0, 0.05) is 11.9 Å². The van der Waals surface area contributed by atoms with Gasteiger partial charge in [-0.05, 0) is 31.0 Å². The Morgan fingerprint density at radius 1 is 1.03 bits per heavy atom. The minimum atomic E-state index is -0.593. The standard InChI is InChI=1S/C22H24N4O4/c1-3-13-26-22(29)17-10-6-5-9-16(17)20(25-26)21(28)24-23-19(27)12-14-30-18-11-7-4-8-15(18)2/h4-11H,3,12-14H2,1-2H3,(H,23,27)(H,24,28). The van der Waals surface area contributed by atoms with E-state index in [1.165, 1.54) is 4.68 Å². The highest BCUT2D eigenvalue weighted by Gasteiger charge is 2.17. The van der Waals surface area contributed by atoms with Crippen LogP contribution in [0.5, 0.6) is 5.75 Å². The molecule has 2 amide bonds. The molecule has 3 aromatic rings. The van der Waals surface area contributed by atoms with E-state index in [9.17, 15) is 14.4 Å². The van der Waals surface area contributed by atoms with Gasteiger partial charge in [-0.1, -0.05) is 43.3 Å². The molecule has 8 heteroatoms. The first-order valence-electron chi connectivity index (χ1n) is 9.78.